The second-order valence-electron chi connectivity index (χ2n) is 4.14. The maximum atomic E-state index is 11.6. The van der Waals surface area contributed by atoms with Gasteiger partial charge in [-0.3, -0.25) is 9.59 Å². The highest BCUT2D eigenvalue weighted by atomic mass is 35.5. The number of hydrogen-bond acceptors (Lipinski definition) is 3. The molecule has 0 aromatic heterocycles. The molecule has 0 aliphatic carbocycles. The van der Waals surface area contributed by atoms with Crippen molar-refractivity contribution in [3.63, 3.8) is 0 Å². The molecule has 1 aromatic rings. The largest absolute Gasteiger partial charge is 0.366 e. The standard InChI is InChI=1S/C12H15N3O2.ClH/c13-11(16)9-3-1-2-8(4-9)5-15-12(17)10-6-14-7-10;/h1-4,10,14H,5-7H2,(H2,13,16)(H,15,17);1H. The monoisotopic (exact) mass is 269 g/mol. The van der Waals surface area contributed by atoms with Crippen molar-refractivity contribution in [1.82, 2.24) is 10.6 Å². The summed E-state index contributed by atoms with van der Waals surface area (Å²) in [5.74, 6) is -0.330. The summed E-state index contributed by atoms with van der Waals surface area (Å²) in [7, 11) is 0. The van der Waals surface area contributed by atoms with Gasteiger partial charge in [0, 0.05) is 25.2 Å². The Hall–Kier alpha value is -1.59. The number of nitrogens with one attached hydrogen (secondary N) is 2. The SMILES string of the molecule is Cl.NC(=O)c1cccc(CNC(=O)C2CNC2)c1. The predicted molar refractivity (Wildman–Crippen MR) is 70.4 cm³/mol. The van der Waals surface area contributed by atoms with E-state index in [1.807, 2.05) is 6.07 Å². The van der Waals surface area contributed by atoms with E-state index in [0.29, 0.717) is 12.1 Å². The molecule has 18 heavy (non-hydrogen) atoms. The molecule has 1 aliphatic heterocycles. The molecule has 1 aromatic carbocycles. The molecule has 0 radical (unpaired) electrons. The van der Waals surface area contributed by atoms with Gasteiger partial charge in [0.25, 0.3) is 0 Å². The van der Waals surface area contributed by atoms with Crippen LogP contribution in [0, 0.1) is 5.92 Å². The van der Waals surface area contributed by atoms with Crippen LogP contribution < -0.4 is 16.4 Å². The number of carbonyl (C=O) groups excluding carboxylic acids is 2. The minimum Gasteiger partial charge on any atom is -0.366 e. The van der Waals surface area contributed by atoms with E-state index in [0.717, 1.165) is 18.7 Å². The van der Waals surface area contributed by atoms with Gasteiger partial charge in [-0.1, -0.05) is 12.1 Å². The summed E-state index contributed by atoms with van der Waals surface area (Å²) in [4.78, 5) is 22.6. The zero-order chi connectivity index (χ0) is 12.3. The molecule has 98 valence electrons. The van der Waals surface area contributed by atoms with E-state index < -0.39 is 5.91 Å². The topological polar surface area (TPSA) is 84.2 Å². The quantitative estimate of drug-likeness (QED) is 0.722. The van der Waals surface area contributed by atoms with Gasteiger partial charge < -0.3 is 16.4 Å². The summed E-state index contributed by atoms with van der Waals surface area (Å²) < 4.78 is 0. The van der Waals surface area contributed by atoms with E-state index in [1.54, 1.807) is 18.2 Å². The maximum Gasteiger partial charge on any atom is 0.248 e. The molecule has 1 fully saturated rings. The summed E-state index contributed by atoms with van der Waals surface area (Å²) >= 11 is 0. The van der Waals surface area contributed by atoms with Crippen LogP contribution in [0.3, 0.4) is 0 Å². The second-order valence-corrected chi connectivity index (χ2v) is 4.14. The Morgan fingerprint density at radius 1 is 1.39 bits per heavy atom. The zero-order valence-electron chi connectivity index (χ0n) is 9.81. The van der Waals surface area contributed by atoms with Gasteiger partial charge >= 0.3 is 0 Å². The van der Waals surface area contributed by atoms with Crippen LogP contribution in [0.15, 0.2) is 24.3 Å². The predicted octanol–water partition coefficient (Wildman–Crippen LogP) is 0.0429. The third kappa shape index (κ3) is 3.45. The molecule has 5 nitrogen and oxygen atoms in total. The Morgan fingerprint density at radius 2 is 2.11 bits per heavy atom. The fraction of sp³-hybridized carbons (Fsp3) is 0.333. The van der Waals surface area contributed by atoms with Crippen molar-refractivity contribution >= 4 is 24.2 Å². The molecule has 0 spiro atoms. The van der Waals surface area contributed by atoms with E-state index in [2.05, 4.69) is 10.6 Å². The average Bonchev–Trinajstić information content (AvgIpc) is 2.24. The summed E-state index contributed by atoms with van der Waals surface area (Å²) in [6, 6.07) is 6.96. The third-order valence-corrected chi connectivity index (χ3v) is 2.83. The number of rotatable bonds is 4. The van der Waals surface area contributed by atoms with E-state index in [-0.39, 0.29) is 24.2 Å². The Morgan fingerprint density at radius 3 is 2.67 bits per heavy atom. The van der Waals surface area contributed by atoms with Crippen molar-refractivity contribution in [2.45, 2.75) is 6.54 Å². The first-order valence-corrected chi connectivity index (χ1v) is 5.54. The summed E-state index contributed by atoms with van der Waals surface area (Å²) in [5.41, 5.74) is 6.52. The molecule has 0 saturated carbocycles. The molecule has 4 N–H and O–H groups in total. The van der Waals surface area contributed by atoms with Gasteiger partial charge in [0.2, 0.25) is 11.8 Å². The van der Waals surface area contributed by atoms with Gasteiger partial charge in [0.1, 0.15) is 0 Å². The van der Waals surface area contributed by atoms with Crippen molar-refractivity contribution < 1.29 is 9.59 Å². The first kappa shape index (κ1) is 14.5. The van der Waals surface area contributed by atoms with E-state index >= 15 is 0 Å². The lowest BCUT2D eigenvalue weighted by Gasteiger charge is -2.25. The van der Waals surface area contributed by atoms with Crippen LogP contribution in [0.4, 0.5) is 0 Å². The minimum atomic E-state index is -0.457. The summed E-state index contributed by atoms with van der Waals surface area (Å²) in [6.07, 6.45) is 0. The van der Waals surface area contributed by atoms with Gasteiger partial charge in [0.05, 0.1) is 5.92 Å². The lowest BCUT2D eigenvalue weighted by Crippen LogP contribution is -2.50. The molecule has 2 rings (SSSR count). The molecule has 2 amide bonds. The molecule has 6 heteroatoms. The first-order chi connectivity index (χ1) is 8.16. The van der Waals surface area contributed by atoms with Crippen LogP contribution in [-0.4, -0.2) is 24.9 Å². The summed E-state index contributed by atoms with van der Waals surface area (Å²) in [5, 5.41) is 5.88. The fourth-order valence-corrected chi connectivity index (χ4v) is 1.64. The number of nitrogens with two attached hydrogens (primary N) is 1. The Labute approximate surface area is 112 Å². The lowest BCUT2D eigenvalue weighted by molar-refractivity contribution is -0.126. The van der Waals surface area contributed by atoms with Gasteiger partial charge in [-0.05, 0) is 17.7 Å². The number of benzene rings is 1. The van der Waals surface area contributed by atoms with Crippen LogP contribution in [0.25, 0.3) is 0 Å². The van der Waals surface area contributed by atoms with Crippen LogP contribution >= 0.6 is 12.4 Å². The van der Waals surface area contributed by atoms with E-state index in [1.165, 1.54) is 0 Å². The van der Waals surface area contributed by atoms with Crippen molar-refractivity contribution in [1.29, 1.82) is 0 Å². The highest BCUT2D eigenvalue weighted by Crippen LogP contribution is 2.06. The zero-order valence-corrected chi connectivity index (χ0v) is 10.6. The summed E-state index contributed by atoms with van der Waals surface area (Å²) in [6.45, 7) is 1.91. The molecular formula is C12H16ClN3O2. The number of carbonyl (C=O) groups is 2. The molecule has 0 atom stereocenters. The van der Waals surface area contributed by atoms with Gasteiger partial charge in [-0.2, -0.15) is 0 Å². The smallest absolute Gasteiger partial charge is 0.248 e. The highest BCUT2D eigenvalue weighted by molar-refractivity contribution is 5.92. The Balaban J connectivity index is 0.00000162. The molecule has 1 saturated heterocycles. The van der Waals surface area contributed by atoms with Gasteiger partial charge in [0.15, 0.2) is 0 Å². The molecule has 1 heterocycles. The molecular weight excluding hydrogens is 254 g/mol. The van der Waals surface area contributed by atoms with Crippen molar-refractivity contribution in [3.8, 4) is 0 Å². The minimum absolute atomic E-state index is 0. The van der Waals surface area contributed by atoms with Crippen molar-refractivity contribution in [2.75, 3.05) is 13.1 Å². The number of hydrogen-bond donors (Lipinski definition) is 3. The lowest BCUT2D eigenvalue weighted by atomic mass is 10.0. The second kappa shape index (κ2) is 6.37. The number of amides is 2. The van der Waals surface area contributed by atoms with Crippen LogP contribution in [-0.2, 0) is 11.3 Å². The fourth-order valence-electron chi connectivity index (χ4n) is 1.64. The first-order valence-electron chi connectivity index (χ1n) is 5.54. The number of primary amides is 1. The molecule has 0 bridgehead atoms. The van der Waals surface area contributed by atoms with Crippen molar-refractivity contribution in [3.05, 3.63) is 35.4 Å². The van der Waals surface area contributed by atoms with Crippen LogP contribution in [0.5, 0.6) is 0 Å². The third-order valence-electron chi connectivity index (χ3n) is 2.83. The normalized spacial score (nSPS) is 14.2. The molecule has 1 aliphatic rings. The number of halogens is 1. The van der Waals surface area contributed by atoms with Crippen LogP contribution in [0.1, 0.15) is 15.9 Å². The molecule has 0 unspecified atom stereocenters. The Bertz CT molecular complexity index is 447. The van der Waals surface area contributed by atoms with Crippen molar-refractivity contribution in [2.24, 2.45) is 11.7 Å². The van der Waals surface area contributed by atoms with Gasteiger partial charge in [-0.25, -0.2) is 0 Å². The van der Waals surface area contributed by atoms with Crippen LogP contribution in [0.2, 0.25) is 0 Å². The Kier molecular flexibility index (Phi) is 5.12. The van der Waals surface area contributed by atoms with E-state index in [4.69, 9.17) is 5.73 Å². The van der Waals surface area contributed by atoms with E-state index in [9.17, 15) is 9.59 Å². The average molecular weight is 270 g/mol. The maximum absolute atomic E-state index is 11.6. The highest BCUT2D eigenvalue weighted by Gasteiger charge is 2.24. The van der Waals surface area contributed by atoms with Gasteiger partial charge in [-0.15, -0.1) is 12.4 Å².